The molecule has 0 atom stereocenters. The van der Waals surface area contributed by atoms with Crippen LogP contribution in [0, 0.1) is 0 Å². The predicted octanol–water partition coefficient (Wildman–Crippen LogP) is 1.83. The van der Waals surface area contributed by atoms with E-state index in [1.54, 1.807) is 12.1 Å². The Hall–Kier alpha value is -0.980. The fraction of sp³-hybridized carbons (Fsp3) is 0.250. The van der Waals surface area contributed by atoms with Crippen LogP contribution in [0.25, 0.3) is 0 Å². The molecule has 0 unspecified atom stereocenters. The maximum atomic E-state index is 7.48. The van der Waals surface area contributed by atoms with Gasteiger partial charge in [0.15, 0.2) is 0 Å². The third-order valence-corrected chi connectivity index (χ3v) is 1.10. The average molecular weight is 126 g/mol. The van der Waals surface area contributed by atoms with Gasteiger partial charge >= 0.3 is 0 Å². The number of hydrogen-bond donors (Lipinski definition) is 1. The molecule has 0 spiro atoms. The van der Waals surface area contributed by atoms with Gasteiger partial charge in [-0.3, -0.25) is 0 Å². The number of aryl methyl sites for hydroxylation is 1. The highest BCUT2D eigenvalue weighted by atomic mass is 14.5. The van der Waals surface area contributed by atoms with Gasteiger partial charge in [0.25, 0.3) is 0 Å². The second-order valence-electron chi connectivity index (χ2n) is 1.71. The molecule has 1 heteroatoms. The third kappa shape index (κ3) is 1.22. The van der Waals surface area contributed by atoms with Gasteiger partial charge in [-0.25, -0.2) is 0 Å². The number of rotatable bonds is 1. The van der Waals surface area contributed by atoms with Gasteiger partial charge in [0.05, 0.1) is 0 Å². The summed E-state index contributed by atoms with van der Waals surface area (Å²) in [5.41, 5.74) is 5.69. The fourth-order valence-electron chi connectivity index (χ4n) is 0.611. The van der Waals surface area contributed by atoms with Crippen molar-refractivity contribution >= 4 is 5.69 Å². The second-order valence-corrected chi connectivity index (χ2v) is 1.71. The third-order valence-electron chi connectivity index (χ3n) is 1.10. The molecular weight excluding hydrogens is 110 g/mol. The Bertz CT molecular complexity index is 331. The normalized spacial score (nSPS) is 20.7. The molecule has 48 valence electrons. The van der Waals surface area contributed by atoms with E-state index in [1.165, 1.54) is 12.1 Å². The van der Waals surface area contributed by atoms with Gasteiger partial charge in [-0.15, -0.1) is 0 Å². The molecule has 0 saturated carbocycles. The molecule has 0 amide bonds. The average Bonchev–Trinajstić information content (AvgIpc) is 2.02. The number of hydrogen-bond acceptors (Lipinski definition) is 1. The molecular formula is C8H11N. The lowest BCUT2D eigenvalue weighted by Crippen LogP contribution is -1.90. The first-order chi connectivity index (χ1) is 6.27. The molecule has 9 heavy (non-hydrogen) atoms. The summed E-state index contributed by atoms with van der Waals surface area (Å²) in [5, 5.41) is 0. The van der Waals surface area contributed by atoms with Crippen LogP contribution in [0.2, 0.25) is 0 Å². The Morgan fingerprint density at radius 1 is 1.67 bits per heavy atom. The van der Waals surface area contributed by atoms with Crippen molar-refractivity contribution in [2.45, 2.75) is 13.2 Å². The van der Waals surface area contributed by atoms with Crippen molar-refractivity contribution in [1.29, 1.82) is 0 Å². The van der Waals surface area contributed by atoms with E-state index in [0.29, 0.717) is 0 Å². The highest BCUT2D eigenvalue weighted by Gasteiger charge is 1.90. The Balaban J connectivity index is 3.23. The maximum Gasteiger partial charge on any atom is 0.0346 e. The van der Waals surface area contributed by atoms with E-state index in [4.69, 9.17) is 12.6 Å². The lowest BCUT2D eigenvalue weighted by atomic mass is 10.1. The Labute approximate surface area is 62.5 Å². The van der Waals surface area contributed by atoms with E-state index in [0.717, 1.165) is 0 Å². The molecule has 0 bridgehead atoms. The molecule has 0 aliphatic carbocycles. The molecule has 1 aromatic carbocycles. The predicted molar refractivity (Wildman–Crippen MR) is 40.2 cm³/mol. The van der Waals surface area contributed by atoms with Crippen molar-refractivity contribution in [3.05, 3.63) is 29.8 Å². The Morgan fingerprint density at radius 2 is 2.44 bits per heavy atom. The molecule has 1 aromatic rings. The smallest absolute Gasteiger partial charge is 0.0346 e. The lowest BCUT2D eigenvalue weighted by Gasteiger charge is -1.98. The maximum absolute atomic E-state index is 7.48. The summed E-state index contributed by atoms with van der Waals surface area (Å²) < 4.78 is 36.2. The summed E-state index contributed by atoms with van der Waals surface area (Å²) in [6.45, 7) is -2.71. The number of nitrogen functional groups attached to an aromatic ring is 1. The van der Waals surface area contributed by atoms with Crippen LogP contribution in [0.4, 0.5) is 5.69 Å². The molecule has 0 fully saturated rings. The monoisotopic (exact) mass is 126 g/mol. The number of anilines is 1. The molecule has 0 saturated heterocycles. The van der Waals surface area contributed by atoms with Gasteiger partial charge in [-0.05, 0) is 18.0 Å². The van der Waals surface area contributed by atoms with Crippen molar-refractivity contribution in [3.8, 4) is 0 Å². The van der Waals surface area contributed by atoms with Gasteiger partial charge in [0, 0.05) is 12.5 Å². The van der Waals surface area contributed by atoms with Crippen molar-refractivity contribution in [2.24, 2.45) is 0 Å². The minimum Gasteiger partial charge on any atom is -0.399 e. The van der Waals surface area contributed by atoms with Crippen LogP contribution in [0.15, 0.2) is 24.3 Å². The lowest BCUT2D eigenvalue weighted by molar-refractivity contribution is 1.14. The summed E-state index contributed by atoms with van der Waals surface area (Å²) in [6, 6.07) is 6.07. The van der Waals surface area contributed by atoms with Crippen molar-refractivity contribution in [2.75, 3.05) is 5.73 Å². The first-order valence-electron chi connectivity index (χ1n) is 5.12. The zero-order chi connectivity index (χ0) is 11.0. The van der Waals surface area contributed by atoms with Crippen LogP contribution in [0.5, 0.6) is 0 Å². The largest absolute Gasteiger partial charge is 0.399 e. The molecule has 0 radical (unpaired) electrons. The fourth-order valence-corrected chi connectivity index (χ4v) is 0.611. The van der Waals surface area contributed by atoms with E-state index in [-0.39, 0.29) is 11.3 Å². The number of benzene rings is 1. The van der Waals surface area contributed by atoms with Crippen LogP contribution < -0.4 is 5.73 Å². The van der Waals surface area contributed by atoms with Gasteiger partial charge in [-0.1, -0.05) is 25.1 Å². The van der Waals surface area contributed by atoms with E-state index in [1.807, 2.05) is 0 Å². The first kappa shape index (κ1) is 2.33. The van der Waals surface area contributed by atoms with Crippen LogP contribution in [0.1, 0.15) is 19.3 Å². The van der Waals surface area contributed by atoms with Crippen LogP contribution >= 0.6 is 0 Å². The molecule has 0 aliphatic heterocycles. The highest BCUT2D eigenvalue weighted by molar-refractivity contribution is 5.46. The van der Waals surface area contributed by atoms with Crippen LogP contribution in [-0.2, 0) is 6.37 Å². The van der Waals surface area contributed by atoms with E-state index in [9.17, 15) is 0 Å². The molecule has 1 rings (SSSR count). The topological polar surface area (TPSA) is 26.0 Å². The SMILES string of the molecule is [2H]C([2H])([2H])C([2H])([2H])c1ccccc1N. The van der Waals surface area contributed by atoms with E-state index in [2.05, 4.69) is 0 Å². The first-order valence-corrected chi connectivity index (χ1v) is 2.62. The molecule has 0 heterocycles. The summed E-state index contributed by atoms with van der Waals surface area (Å²) in [6.07, 6.45) is -2.40. The Morgan fingerprint density at radius 3 is 3.11 bits per heavy atom. The summed E-state index contributed by atoms with van der Waals surface area (Å²) >= 11 is 0. The minimum atomic E-state index is -2.71. The van der Waals surface area contributed by atoms with Gasteiger partial charge in [-0.2, -0.15) is 0 Å². The van der Waals surface area contributed by atoms with Crippen LogP contribution in [0.3, 0.4) is 0 Å². The highest BCUT2D eigenvalue weighted by Crippen LogP contribution is 2.09. The molecule has 0 aromatic heterocycles. The van der Waals surface area contributed by atoms with E-state index >= 15 is 0 Å². The summed E-state index contributed by atoms with van der Waals surface area (Å²) in [7, 11) is 0. The van der Waals surface area contributed by atoms with Crippen molar-refractivity contribution < 1.29 is 6.85 Å². The Kier molecular flexibility index (Phi) is 0.656. The summed E-state index contributed by atoms with van der Waals surface area (Å²) in [4.78, 5) is 0. The standard InChI is InChI=1S/C8H11N/c1-2-7-5-3-4-6-8(7)9/h3-6H,2,9H2,1H3/i1D3,2D2. The summed E-state index contributed by atoms with van der Waals surface area (Å²) in [5.74, 6) is 0. The number of nitrogens with two attached hydrogens (primary N) is 1. The van der Waals surface area contributed by atoms with Gasteiger partial charge in [0.2, 0.25) is 0 Å². The molecule has 2 N–H and O–H groups in total. The van der Waals surface area contributed by atoms with Gasteiger partial charge in [0.1, 0.15) is 0 Å². The zero-order valence-corrected chi connectivity index (χ0v) is 4.89. The second kappa shape index (κ2) is 2.53. The quantitative estimate of drug-likeness (QED) is 0.571. The van der Waals surface area contributed by atoms with Gasteiger partial charge < -0.3 is 5.73 Å². The minimum absolute atomic E-state index is 0.0139. The molecule has 1 nitrogen and oxygen atoms in total. The molecule has 0 aliphatic rings. The van der Waals surface area contributed by atoms with E-state index < -0.39 is 13.2 Å². The van der Waals surface area contributed by atoms with Crippen molar-refractivity contribution in [1.82, 2.24) is 0 Å². The van der Waals surface area contributed by atoms with Crippen LogP contribution in [-0.4, -0.2) is 0 Å². The number of para-hydroxylation sites is 1. The van der Waals surface area contributed by atoms with Crippen molar-refractivity contribution in [3.63, 3.8) is 0 Å². The zero-order valence-electron chi connectivity index (χ0n) is 9.89.